The second kappa shape index (κ2) is 5.85. The maximum absolute atomic E-state index is 6.04. The average Bonchev–Trinajstić information content (AvgIpc) is 2.48. The summed E-state index contributed by atoms with van der Waals surface area (Å²) >= 11 is 0. The number of hydrogen-bond donors (Lipinski definition) is 1. The summed E-state index contributed by atoms with van der Waals surface area (Å²) in [4.78, 5) is 4.05. The number of nitrogens with two attached hydrogens (primary N) is 1. The van der Waals surface area contributed by atoms with Gasteiger partial charge in [0.2, 0.25) is 0 Å². The summed E-state index contributed by atoms with van der Waals surface area (Å²) in [7, 11) is 1.70. The van der Waals surface area contributed by atoms with Crippen molar-refractivity contribution in [2.75, 3.05) is 13.7 Å². The summed E-state index contributed by atoms with van der Waals surface area (Å²) in [5.74, 6) is 0.893. The molecule has 3 heteroatoms. The van der Waals surface area contributed by atoms with Gasteiger partial charge >= 0.3 is 0 Å². The third kappa shape index (κ3) is 2.93. The number of ether oxygens (including phenoxy) is 1. The fourth-order valence-corrected chi connectivity index (χ4v) is 2.37. The first-order valence-corrected chi connectivity index (χ1v) is 6.42. The summed E-state index contributed by atoms with van der Waals surface area (Å²) in [5.41, 5.74) is 8.27. The van der Waals surface area contributed by atoms with Gasteiger partial charge in [-0.25, -0.2) is 0 Å². The van der Waals surface area contributed by atoms with E-state index in [2.05, 4.69) is 18.0 Å². The molecule has 1 aromatic carbocycles. The lowest BCUT2D eigenvalue weighted by Gasteiger charge is -2.30. The van der Waals surface area contributed by atoms with E-state index in [9.17, 15) is 0 Å². The van der Waals surface area contributed by atoms with E-state index in [0.717, 1.165) is 17.7 Å². The molecule has 0 amide bonds. The van der Waals surface area contributed by atoms with Gasteiger partial charge in [-0.05, 0) is 30.2 Å². The molecule has 0 aliphatic heterocycles. The number of benzene rings is 1. The second-order valence-corrected chi connectivity index (χ2v) is 5.00. The number of pyridine rings is 1. The number of hydrogen-bond acceptors (Lipinski definition) is 3. The van der Waals surface area contributed by atoms with Crippen molar-refractivity contribution < 1.29 is 4.74 Å². The number of aromatic nitrogens is 1. The molecule has 1 heterocycles. The van der Waals surface area contributed by atoms with Crippen LogP contribution in [0.5, 0.6) is 5.75 Å². The fraction of sp³-hybridized carbons (Fsp3) is 0.312. The van der Waals surface area contributed by atoms with Gasteiger partial charge in [0.25, 0.3) is 0 Å². The normalized spacial score (nSPS) is 13.8. The Morgan fingerprint density at radius 3 is 2.47 bits per heavy atom. The van der Waals surface area contributed by atoms with E-state index in [1.165, 1.54) is 5.56 Å². The van der Waals surface area contributed by atoms with Gasteiger partial charge in [-0.3, -0.25) is 4.98 Å². The smallest absolute Gasteiger partial charge is 0.122 e. The van der Waals surface area contributed by atoms with E-state index in [1.54, 1.807) is 7.11 Å². The molecule has 100 valence electrons. The maximum Gasteiger partial charge on any atom is 0.122 e. The van der Waals surface area contributed by atoms with Gasteiger partial charge in [0.15, 0.2) is 0 Å². The van der Waals surface area contributed by atoms with Crippen LogP contribution in [0.2, 0.25) is 0 Å². The molecule has 0 spiro atoms. The van der Waals surface area contributed by atoms with E-state index in [-0.39, 0.29) is 5.41 Å². The Morgan fingerprint density at radius 1 is 1.16 bits per heavy atom. The standard InChI is InChI=1S/C16H20N2O/c1-16(12-17,11-13-7-9-18-10-8-13)14-5-3-4-6-15(14)19-2/h3-10H,11-12,17H2,1-2H3. The second-order valence-electron chi connectivity index (χ2n) is 5.00. The highest BCUT2D eigenvalue weighted by Gasteiger charge is 2.28. The van der Waals surface area contributed by atoms with Crippen LogP contribution < -0.4 is 10.5 Å². The van der Waals surface area contributed by atoms with Crippen LogP contribution in [0.1, 0.15) is 18.1 Å². The molecule has 0 radical (unpaired) electrons. The van der Waals surface area contributed by atoms with Crippen molar-refractivity contribution in [1.82, 2.24) is 4.98 Å². The fourth-order valence-electron chi connectivity index (χ4n) is 2.37. The van der Waals surface area contributed by atoms with Gasteiger partial charge in [0.1, 0.15) is 5.75 Å². The van der Waals surface area contributed by atoms with Gasteiger partial charge in [0, 0.05) is 29.9 Å². The minimum atomic E-state index is -0.145. The first-order chi connectivity index (χ1) is 9.19. The minimum Gasteiger partial charge on any atom is -0.496 e. The van der Waals surface area contributed by atoms with E-state index in [4.69, 9.17) is 10.5 Å². The van der Waals surface area contributed by atoms with Gasteiger partial charge in [-0.1, -0.05) is 25.1 Å². The Bertz CT molecular complexity index is 527. The van der Waals surface area contributed by atoms with Crippen LogP contribution in [-0.4, -0.2) is 18.6 Å². The van der Waals surface area contributed by atoms with Crippen molar-refractivity contribution in [2.45, 2.75) is 18.8 Å². The van der Waals surface area contributed by atoms with E-state index < -0.39 is 0 Å². The molecule has 0 saturated carbocycles. The predicted octanol–water partition coefficient (Wildman–Crippen LogP) is 2.55. The molecule has 2 rings (SSSR count). The van der Waals surface area contributed by atoms with Crippen molar-refractivity contribution in [3.63, 3.8) is 0 Å². The molecule has 1 aromatic heterocycles. The minimum absolute atomic E-state index is 0.145. The van der Waals surface area contributed by atoms with Gasteiger partial charge in [-0.2, -0.15) is 0 Å². The Labute approximate surface area is 114 Å². The monoisotopic (exact) mass is 256 g/mol. The number of rotatable bonds is 5. The molecule has 0 saturated heterocycles. The molecule has 19 heavy (non-hydrogen) atoms. The van der Waals surface area contributed by atoms with Crippen molar-refractivity contribution in [1.29, 1.82) is 0 Å². The highest BCUT2D eigenvalue weighted by molar-refractivity contribution is 5.40. The highest BCUT2D eigenvalue weighted by Crippen LogP contribution is 2.33. The zero-order chi connectivity index (χ0) is 13.7. The quantitative estimate of drug-likeness (QED) is 0.894. The Morgan fingerprint density at radius 2 is 1.84 bits per heavy atom. The Hall–Kier alpha value is -1.87. The summed E-state index contributed by atoms with van der Waals surface area (Å²) in [6, 6.07) is 12.1. The summed E-state index contributed by atoms with van der Waals surface area (Å²) < 4.78 is 5.46. The van der Waals surface area contributed by atoms with E-state index in [0.29, 0.717) is 6.54 Å². The van der Waals surface area contributed by atoms with Gasteiger partial charge in [0.05, 0.1) is 7.11 Å². The Kier molecular flexibility index (Phi) is 4.17. The summed E-state index contributed by atoms with van der Waals surface area (Å²) in [6.45, 7) is 2.74. The van der Waals surface area contributed by atoms with Crippen LogP contribution >= 0.6 is 0 Å². The lowest BCUT2D eigenvalue weighted by molar-refractivity contribution is 0.385. The average molecular weight is 256 g/mol. The summed E-state index contributed by atoms with van der Waals surface area (Å²) in [5, 5.41) is 0. The molecule has 2 aromatic rings. The topological polar surface area (TPSA) is 48.1 Å². The predicted molar refractivity (Wildman–Crippen MR) is 77.3 cm³/mol. The third-order valence-electron chi connectivity index (χ3n) is 3.55. The number of nitrogens with zero attached hydrogens (tertiary/aromatic N) is 1. The SMILES string of the molecule is COc1ccccc1C(C)(CN)Cc1ccncc1. The number of methoxy groups -OCH3 is 1. The van der Waals surface area contributed by atoms with Crippen LogP contribution in [0, 0.1) is 0 Å². The molecule has 2 N–H and O–H groups in total. The Balaban J connectivity index is 2.36. The maximum atomic E-state index is 6.04. The van der Waals surface area contributed by atoms with E-state index in [1.807, 2.05) is 42.7 Å². The summed E-state index contributed by atoms with van der Waals surface area (Å²) in [6.07, 6.45) is 4.50. The van der Waals surface area contributed by atoms with E-state index >= 15 is 0 Å². The van der Waals surface area contributed by atoms with Crippen molar-refractivity contribution >= 4 is 0 Å². The van der Waals surface area contributed by atoms with Crippen molar-refractivity contribution in [3.8, 4) is 5.75 Å². The molecule has 3 nitrogen and oxygen atoms in total. The van der Waals surface area contributed by atoms with Crippen LogP contribution in [-0.2, 0) is 11.8 Å². The lowest BCUT2D eigenvalue weighted by Crippen LogP contribution is -2.34. The zero-order valence-electron chi connectivity index (χ0n) is 11.5. The molecule has 0 fully saturated rings. The molecule has 0 aliphatic carbocycles. The number of para-hydroxylation sites is 1. The van der Waals surface area contributed by atoms with Crippen LogP contribution in [0.3, 0.4) is 0 Å². The van der Waals surface area contributed by atoms with Gasteiger partial charge < -0.3 is 10.5 Å². The lowest BCUT2D eigenvalue weighted by atomic mass is 9.77. The first kappa shape index (κ1) is 13.6. The first-order valence-electron chi connectivity index (χ1n) is 6.42. The van der Waals surface area contributed by atoms with Gasteiger partial charge in [-0.15, -0.1) is 0 Å². The zero-order valence-corrected chi connectivity index (χ0v) is 11.5. The molecular formula is C16H20N2O. The van der Waals surface area contributed by atoms with Crippen LogP contribution in [0.25, 0.3) is 0 Å². The molecular weight excluding hydrogens is 236 g/mol. The van der Waals surface area contributed by atoms with Crippen LogP contribution in [0.4, 0.5) is 0 Å². The van der Waals surface area contributed by atoms with Crippen LogP contribution in [0.15, 0.2) is 48.8 Å². The molecule has 1 unspecified atom stereocenters. The highest BCUT2D eigenvalue weighted by atomic mass is 16.5. The third-order valence-corrected chi connectivity index (χ3v) is 3.55. The molecule has 0 bridgehead atoms. The van der Waals surface area contributed by atoms with Crippen molar-refractivity contribution in [3.05, 3.63) is 59.9 Å². The molecule has 1 atom stereocenters. The van der Waals surface area contributed by atoms with Crippen molar-refractivity contribution in [2.24, 2.45) is 5.73 Å². The largest absolute Gasteiger partial charge is 0.496 e. The molecule has 0 aliphatic rings.